The minimum absolute atomic E-state index is 0.0804. The van der Waals surface area contributed by atoms with Crippen LogP contribution in [0.3, 0.4) is 0 Å². The summed E-state index contributed by atoms with van der Waals surface area (Å²) >= 11 is 0. The molecule has 1 aliphatic rings. The minimum Gasteiger partial charge on any atom is -0.476 e. The summed E-state index contributed by atoms with van der Waals surface area (Å²) in [4.78, 5) is 37.0. The Bertz CT molecular complexity index is 586. The van der Waals surface area contributed by atoms with E-state index in [2.05, 4.69) is 15.6 Å². The SMILES string of the molecule is O=C(COc1cccnc1[N+](=O)[O-])NC(=O)NC1CCCCC1. The maximum absolute atomic E-state index is 11.7. The molecule has 124 valence electrons. The van der Waals surface area contributed by atoms with Crippen molar-refractivity contribution in [2.75, 3.05) is 6.61 Å². The largest absolute Gasteiger partial charge is 0.476 e. The summed E-state index contributed by atoms with van der Waals surface area (Å²) in [5, 5.41) is 15.6. The number of imide groups is 1. The van der Waals surface area contributed by atoms with Gasteiger partial charge in [0.25, 0.3) is 5.91 Å². The molecule has 2 N–H and O–H groups in total. The van der Waals surface area contributed by atoms with Gasteiger partial charge in [-0.3, -0.25) is 10.1 Å². The first-order chi connectivity index (χ1) is 11.1. The Balaban J connectivity index is 1.78. The normalized spacial score (nSPS) is 14.8. The second kappa shape index (κ2) is 8.06. The van der Waals surface area contributed by atoms with Crippen LogP contribution < -0.4 is 15.4 Å². The van der Waals surface area contributed by atoms with Gasteiger partial charge in [-0.25, -0.2) is 4.79 Å². The predicted molar refractivity (Wildman–Crippen MR) is 79.9 cm³/mol. The average molecular weight is 322 g/mol. The van der Waals surface area contributed by atoms with Crippen molar-refractivity contribution in [3.63, 3.8) is 0 Å². The molecular weight excluding hydrogens is 304 g/mol. The zero-order valence-corrected chi connectivity index (χ0v) is 12.5. The quantitative estimate of drug-likeness (QED) is 0.626. The Morgan fingerprint density at radius 2 is 2.09 bits per heavy atom. The summed E-state index contributed by atoms with van der Waals surface area (Å²) in [5.41, 5.74) is 0. The number of pyridine rings is 1. The number of nitro groups is 1. The molecule has 0 unspecified atom stereocenters. The fourth-order valence-electron chi connectivity index (χ4n) is 2.41. The van der Waals surface area contributed by atoms with Crippen LogP contribution in [0.5, 0.6) is 5.75 Å². The monoisotopic (exact) mass is 322 g/mol. The van der Waals surface area contributed by atoms with E-state index in [0.717, 1.165) is 32.1 Å². The van der Waals surface area contributed by atoms with E-state index in [1.807, 2.05) is 0 Å². The van der Waals surface area contributed by atoms with E-state index < -0.39 is 29.3 Å². The van der Waals surface area contributed by atoms with Gasteiger partial charge in [0.1, 0.15) is 6.20 Å². The van der Waals surface area contributed by atoms with Gasteiger partial charge in [-0.1, -0.05) is 19.3 Å². The molecule has 0 spiro atoms. The lowest BCUT2D eigenvalue weighted by Crippen LogP contribution is -2.46. The van der Waals surface area contributed by atoms with Crippen molar-refractivity contribution >= 4 is 17.8 Å². The Kier molecular flexibility index (Phi) is 5.84. The number of aromatic nitrogens is 1. The predicted octanol–water partition coefficient (Wildman–Crippen LogP) is 1.53. The second-order valence-electron chi connectivity index (χ2n) is 5.23. The Hall–Kier alpha value is -2.71. The molecule has 9 heteroatoms. The van der Waals surface area contributed by atoms with Gasteiger partial charge in [0.15, 0.2) is 6.61 Å². The number of urea groups is 1. The molecule has 1 saturated carbocycles. The van der Waals surface area contributed by atoms with Gasteiger partial charge >= 0.3 is 11.8 Å². The molecule has 1 aromatic rings. The molecule has 0 bridgehead atoms. The van der Waals surface area contributed by atoms with Crippen molar-refractivity contribution in [2.45, 2.75) is 38.1 Å². The maximum Gasteiger partial charge on any atom is 0.406 e. The summed E-state index contributed by atoms with van der Waals surface area (Å²) < 4.78 is 5.05. The van der Waals surface area contributed by atoms with E-state index in [-0.39, 0.29) is 11.8 Å². The van der Waals surface area contributed by atoms with Crippen LogP contribution in [0.25, 0.3) is 0 Å². The van der Waals surface area contributed by atoms with E-state index in [0.29, 0.717) is 0 Å². The number of nitrogens with one attached hydrogen (secondary N) is 2. The third-order valence-electron chi connectivity index (χ3n) is 3.48. The lowest BCUT2D eigenvalue weighted by atomic mass is 9.96. The zero-order chi connectivity index (χ0) is 16.7. The number of carbonyl (C=O) groups excluding carboxylic acids is 2. The Labute approximate surface area is 132 Å². The van der Waals surface area contributed by atoms with Crippen LogP contribution in [0, 0.1) is 10.1 Å². The number of hydrogen-bond donors (Lipinski definition) is 2. The molecule has 1 fully saturated rings. The van der Waals surface area contributed by atoms with E-state index in [1.165, 1.54) is 18.3 Å². The average Bonchev–Trinajstić information content (AvgIpc) is 2.54. The van der Waals surface area contributed by atoms with E-state index in [9.17, 15) is 19.7 Å². The standard InChI is InChI=1S/C14H18N4O5/c19-12(17-14(20)16-10-5-2-1-3-6-10)9-23-11-7-4-8-15-13(11)18(21)22/h4,7-8,10H,1-3,5-6,9H2,(H2,16,17,19,20). The van der Waals surface area contributed by atoms with Crippen molar-refractivity contribution in [3.8, 4) is 5.75 Å². The van der Waals surface area contributed by atoms with Crippen LogP contribution in [0.15, 0.2) is 18.3 Å². The number of ether oxygens (including phenoxy) is 1. The molecule has 1 heterocycles. The molecule has 0 aliphatic heterocycles. The summed E-state index contributed by atoms with van der Waals surface area (Å²) in [6.45, 7) is -0.509. The highest BCUT2D eigenvalue weighted by molar-refractivity contribution is 5.95. The molecule has 1 aromatic heterocycles. The van der Waals surface area contributed by atoms with Crippen molar-refractivity contribution in [3.05, 3.63) is 28.4 Å². The van der Waals surface area contributed by atoms with Crippen LogP contribution in [0.2, 0.25) is 0 Å². The zero-order valence-electron chi connectivity index (χ0n) is 12.5. The lowest BCUT2D eigenvalue weighted by molar-refractivity contribution is -0.390. The van der Waals surface area contributed by atoms with Gasteiger partial charge in [-0.05, 0) is 34.9 Å². The minimum atomic E-state index is -0.705. The topological polar surface area (TPSA) is 123 Å². The van der Waals surface area contributed by atoms with Crippen molar-refractivity contribution in [2.24, 2.45) is 0 Å². The van der Waals surface area contributed by atoms with E-state index in [4.69, 9.17) is 4.74 Å². The highest BCUT2D eigenvalue weighted by Crippen LogP contribution is 2.22. The van der Waals surface area contributed by atoms with Gasteiger partial charge < -0.3 is 20.2 Å². The third kappa shape index (κ3) is 5.20. The van der Waals surface area contributed by atoms with Crippen molar-refractivity contribution in [1.82, 2.24) is 15.6 Å². The molecule has 9 nitrogen and oxygen atoms in total. The number of nitrogens with zero attached hydrogens (tertiary/aromatic N) is 2. The maximum atomic E-state index is 11.7. The Morgan fingerprint density at radius 1 is 1.35 bits per heavy atom. The number of amides is 3. The van der Waals surface area contributed by atoms with Gasteiger partial charge in [-0.2, -0.15) is 0 Å². The van der Waals surface area contributed by atoms with Crippen LogP contribution in [0.4, 0.5) is 10.6 Å². The van der Waals surface area contributed by atoms with Gasteiger partial charge in [0.2, 0.25) is 5.75 Å². The number of rotatable bonds is 5. The fraction of sp³-hybridized carbons (Fsp3) is 0.500. The van der Waals surface area contributed by atoms with E-state index in [1.54, 1.807) is 0 Å². The smallest absolute Gasteiger partial charge is 0.406 e. The fourth-order valence-corrected chi connectivity index (χ4v) is 2.41. The molecule has 0 atom stereocenters. The van der Waals surface area contributed by atoms with Crippen LogP contribution in [-0.2, 0) is 4.79 Å². The molecule has 0 saturated heterocycles. The highest BCUT2D eigenvalue weighted by atomic mass is 16.6. The summed E-state index contributed by atoms with van der Waals surface area (Å²) in [6, 6.07) is 2.29. The van der Waals surface area contributed by atoms with Gasteiger partial charge in [0.05, 0.1) is 0 Å². The second-order valence-corrected chi connectivity index (χ2v) is 5.23. The molecule has 0 aromatic carbocycles. The first kappa shape index (κ1) is 16.7. The number of carbonyl (C=O) groups is 2. The van der Waals surface area contributed by atoms with Gasteiger partial charge in [-0.15, -0.1) is 0 Å². The lowest BCUT2D eigenvalue weighted by Gasteiger charge is -2.22. The van der Waals surface area contributed by atoms with Crippen LogP contribution >= 0.6 is 0 Å². The molecule has 23 heavy (non-hydrogen) atoms. The first-order valence-electron chi connectivity index (χ1n) is 7.39. The van der Waals surface area contributed by atoms with Gasteiger partial charge in [0, 0.05) is 6.04 Å². The number of hydrogen-bond acceptors (Lipinski definition) is 6. The summed E-state index contributed by atoms with van der Waals surface area (Å²) in [7, 11) is 0. The molecule has 1 aliphatic carbocycles. The molecule has 0 radical (unpaired) electrons. The molecular formula is C14H18N4O5. The van der Waals surface area contributed by atoms with Crippen LogP contribution in [-0.4, -0.2) is 34.5 Å². The van der Waals surface area contributed by atoms with Crippen LogP contribution in [0.1, 0.15) is 32.1 Å². The Morgan fingerprint density at radius 3 is 2.78 bits per heavy atom. The highest BCUT2D eigenvalue weighted by Gasteiger charge is 2.19. The van der Waals surface area contributed by atoms with Crippen molar-refractivity contribution < 1.29 is 19.2 Å². The summed E-state index contributed by atoms with van der Waals surface area (Å²) in [5.74, 6) is -1.29. The van der Waals surface area contributed by atoms with E-state index >= 15 is 0 Å². The first-order valence-corrected chi connectivity index (χ1v) is 7.39. The molecule has 2 rings (SSSR count). The molecule has 3 amide bonds. The summed E-state index contributed by atoms with van der Waals surface area (Å²) in [6.07, 6.45) is 6.35. The third-order valence-corrected chi connectivity index (χ3v) is 3.48. The van der Waals surface area contributed by atoms with Crippen molar-refractivity contribution in [1.29, 1.82) is 0 Å².